The fourth-order valence-electron chi connectivity index (χ4n) is 2.95. The van der Waals surface area contributed by atoms with Crippen molar-refractivity contribution in [3.63, 3.8) is 0 Å². The normalized spacial score (nSPS) is 10.3. The van der Waals surface area contributed by atoms with Crippen molar-refractivity contribution < 1.29 is 23.4 Å². The zero-order valence-corrected chi connectivity index (χ0v) is 17.0. The summed E-state index contributed by atoms with van der Waals surface area (Å²) in [4.78, 5) is 17.1. The molecule has 0 bridgehead atoms. The van der Waals surface area contributed by atoms with Gasteiger partial charge in [0.1, 0.15) is 18.6 Å². The molecule has 154 valence electrons. The zero-order valence-electron chi connectivity index (χ0n) is 17.0. The van der Waals surface area contributed by atoms with E-state index in [0.717, 1.165) is 5.56 Å². The number of rotatable bonds is 10. The van der Waals surface area contributed by atoms with Gasteiger partial charge in [0.2, 0.25) is 5.89 Å². The Labute approximate surface area is 175 Å². The quantitative estimate of drug-likeness (QED) is 0.363. The number of Topliss-reactive ketones (excluding diaryl/α,β-unsaturated/α-hetero) is 1. The van der Waals surface area contributed by atoms with E-state index in [2.05, 4.69) is 10.9 Å². The number of hydrogen-bond acceptors (Lipinski definition) is 6. The molecule has 0 saturated carbocycles. The number of aromatic nitrogens is 1. The summed E-state index contributed by atoms with van der Waals surface area (Å²) >= 11 is 0. The summed E-state index contributed by atoms with van der Waals surface area (Å²) in [6.45, 7) is 2.52. The first-order valence-electron chi connectivity index (χ1n) is 9.60. The summed E-state index contributed by atoms with van der Waals surface area (Å²) in [5, 5.41) is 0. The maximum absolute atomic E-state index is 12.6. The standard InChI is InChI=1S/C24H23NO5/c1-4-14-29-23-15-17(10-13-22(23)27-3)24-25-18(16-30-24)11-12-20(26)19-8-6-7-9-21(19)28-5-2/h1,6-10,13,15-16H,5,11-12,14H2,2-3H3. The van der Waals surface area contributed by atoms with Crippen LogP contribution in [-0.2, 0) is 6.42 Å². The SMILES string of the molecule is C#CCOc1cc(-c2nc(CCC(=O)c3ccccc3OCC)co2)ccc1OC. The van der Waals surface area contributed by atoms with Crippen LogP contribution in [0.2, 0.25) is 0 Å². The lowest BCUT2D eigenvalue weighted by Crippen LogP contribution is -2.05. The monoisotopic (exact) mass is 405 g/mol. The minimum absolute atomic E-state index is 0.00183. The number of nitrogens with zero attached hydrogens (tertiary/aromatic N) is 1. The summed E-state index contributed by atoms with van der Waals surface area (Å²) in [6, 6.07) is 12.6. The molecule has 0 spiro atoms. The van der Waals surface area contributed by atoms with E-state index in [9.17, 15) is 4.79 Å². The van der Waals surface area contributed by atoms with Crippen LogP contribution in [0.5, 0.6) is 17.2 Å². The number of methoxy groups -OCH3 is 1. The minimum Gasteiger partial charge on any atom is -0.493 e. The van der Waals surface area contributed by atoms with Gasteiger partial charge in [-0.3, -0.25) is 4.79 Å². The van der Waals surface area contributed by atoms with Gasteiger partial charge in [0.15, 0.2) is 17.3 Å². The van der Waals surface area contributed by atoms with Gasteiger partial charge in [-0.05, 0) is 37.3 Å². The number of ketones is 1. The van der Waals surface area contributed by atoms with Crippen molar-refractivity contribution in [2.75, 3.05) is 20.3 Å². The molecule has 0 aliphatic carbocycles. The van der Waals surface area contributed by atoms with Crippen molar-refractivity contribution in [2.24, 2.45) is 0 Å². The van der Waals surface area contributed by atoms with Crippen LogP contribution in [0.4, 0.5) is 0 Å². The summed E-state index contributed by atoms with van der Waals surface area (Å²) in [6.07, 6.45) is 7.58. The van der Waals surface area contributed by atoms with Gasteiger partial charge in [-0.15, -0.1) is 6.42 Å². The van der Waals surface area contributed by atoms with Crippen molar-refractivity contribution in [3.05, 3.63) is 60.0 Å². The molecule has 0 radical (unpaired) electrons. The number of carbonyl (C=O) groups excluding carboxylic acids is 1. The highest BCUT2D eigenvalue weighted by Crippen LogP contribution is 2.32. The Morgan fingerprint density at radius 3 is 2.73 bits per heavy atom. The van der Waals surface area contributed by atoms with Crippen LogP contribution in [0, 0.1) is 12.3 Å². The fraction of sp³-hybridized carbons (Fsp3) is 0.250. The van der Waals surface area contributed by atoms with Crippen LogP contribution in [0.3, 0.4) is 0 Å². The number of aryl methyl sites for hydroxylation is 1. The average molecular weight is 405 g/mol. The van der Waals surface area contributed by atoms with E-state index in [-0.39, 0.29) is 12.4 Å². The predicted octanol–water partition coefficient (Wildman–Crippen LogP) is 4.58. The van der Waals surface area contributed by atoms with Gasteiger partial charge in [0.05, 0.1) is 25.0 Å². The maximum Gasteiger partial charge on any atom is 0.226 e. The van der Waals surface area contributed by atoms with Crippen LogP contribution in [0.25, 0.3) is 11.5 Å². The van der Waals surface area contributed by atoms with Crippen molar-refractivity contribution in [1.29, 1.82) is 0 Å². The van der Waals surface area contributed by atoms with Crippen LogP contribution < -0.4 is 14.2 Å². The number of para-hydroxylation sites is 1. The highest BCUT2D eigenvalue weighted by molar-refractivity contribution is 5.98. The van der Waals surface area contributed by atoms with Gasteiger partial charge in [0, 0.05) is 18.4 Å². The number of terminal acetylenes is 1. The molecule has 1 aromatic heterocycles. The third kappa shape index (κ3) is 5.00. The number of benzene rings is 2. The number of ether oxygens (including phenoxy) is 3. The predicted molar refractivity (Wildman–Crippen MR) is 113 cm³/mol. The van der Waals surface area contributed by atoms with Crippen molar-refractivity contribution in [2.45, 2.75) is 19.8 Å². The van der Waals surface area contributed by atoms with Gasteiger partial charge < -0.3 is 18.6 Å². The summed E-state index contributed by atoms with van der Waals surface area (Å²) in [5.74, 6) is 4.53. The van der Waals surface area contributed by atoms with Crippen molar-refractivity contribution >= 4 is 5.78 Å². The molecule has 0 aliphatic rings. The first-order valence-corrected chi connectivity index (χ1v) is 9.60. The Bertz CT molecular complexity index is 1050. The van der Waals surface area contributed by atoms with E-state index in [1.807, 2.05) is 25.1 Å². The largest absolute Gasteiger partial charge is 0.493 e. The molecule has 0 saturated heterocycles. The van der Waals surface area contributed by atoms with E-state index in [0.29, 0.717) is 53.8 Å². The zero-order chi connectivity index (χ0) is 21.3. The molecule has 0 amide bonds. The van der Waals surface area contributed by atoms with Gasteiger partial charge in [-0.25, -0.2) is 4.98 Å². The summed E-state index contributed by atoms with van der Waals surface area (Å²) in [7, 11) is 1.56. The Morgan fingerprint density at radius 1 is 1.13 bits per heavy atom. The third-order valence-electron chi connectivity index (χ3n) is 4.37. The lowest BCUT2D eigenvalue weighted by molar-refractivity contribution is 0.0979. The highest BCUT2D eigenvalue weighted by atomic mass is 16.5. The Kier molecular flexibility index (Phi) is 7.12. The van der Waals surface area contributed by atoms with Gasteiger partial charge in [-0.1, -0.05) is 18.1 Å². The number of oxazole rings is 1. The molecule has 6 heteroatoms. The molecular weight excluding hydrogens is 382 g/mol. The van der Waals surface area contributed by atoms with E-state index in [1.165, 1.54) is 0 Å². The molecule has 0 aliphatic heterocycles. The second kappa shape index (κ2) is 10.2. The molecule has 3 rings (SSSR count). The third-order valence-corrected chi connectivity index (χ3v) is 4.37. The molecule has 0 atom stereocenters. The molecule has 0 fully saturated rings. The lowest BCUT2D eigenvalue weighted by Gasteiger charge is -2.09. The summed E-state index contributed by atoms with van der Waals surface area (Å²) < 4.78 is 21.9. The van der Waals surface area contributed by atoms with E-state index >= 15 is 0 Å². The maximum atomic E-state index is 12.6. The molecule has 1 heterocycles. The molecule has 30 heavy (non-hydrogen) atoms. The average Bonchev–Trinajstić information content (AvgIpc) is 3.25. The molecule has 3 aromatic rings. The van der Waals surface area contributed by atoms with E-state index in [1.54, 1.807) is 37.6 Å². The Hall–Kier alpha value is -3.72. The van der Waals surface area contributed by atoms with Crippen molar-refractivity contribution in [3.8, 4) is 41.0 Å². The number of hydrogen-bond donors (Lipinski definition) is 0. The van der Waals surface area contributed by atoms with Crippen molar-refractivity contribution in [1.82, 2.24) is 4.98 Å². The van der Waals surface area contributed by atoms with Gasteiger partial charge in [-0.2, -0.15) is 0 Å². The van der Waals surface area contributed by atoms with Crippen LogP contribution >= 0.6 is 0 Å². The second-order valence-electron chi connectivity index (χ2n) is 6.35. The molecule has 6 nitrogen and oxygen atoms in total. The Morgan fingerprint density at radius 2 is 1.97 bits per heavy atom. The topological polar surface area (TPSA) is 70.8 Å². The number of carbonyl (C=O) groups is 1. The summed E-state index contributed by atoms with van der Waals surface area (Å²) in [5.41, 5.74) is 1.99. The highest BCUT2D eigenvalue weighted by Gasteiger charge is 2.15. The van der Waals surface area contributed by atoms with E-state index in [4.69, 9.17) is 25.1 Å². The second-order valence-corrected chi connectivity index (χ2v) is 6.35. The fourth-order valence-corrected chi connectivity index (χ4v) is 2.95. The molecule has 0 unspecified atom stereocenters. The molecular formula is C24H23NO5. The first-order chi connectivity index (χ1) is 14.7. The molecule has 0 N–H and O–H groups in total. The molecule has 2 aromatic carbocycles. The van der Waals surface area contributed by atoms with E-state index < -0.39 is 0 Å². The first kappa shape index (κ1) is 21.0. The van der Waals surface area contributed by atoms with Gasteiger partial charge in [0.25, 0.3) is 0 Å². The van der Waals surface area contributed by atoms with Gasteiger partial charge >= 0.3 is 0 Å². The minimum atomic E-state index is -0.00183. The Balaban J connectivity index is 1.70. The smallest absolute Gasteiger partial charge is 0.226 e. The lowest BCUT2D eigenvalue weighted by atomic mass is 10.0. The van der Waals surface area contributed by atoms with Crippen LogP contribution in [0.1, 0.15) is 29.4 Å². The van der Waals surface area contributed by atoms with Crippen LogP contribution in [-0.4, -0.2) is 31.1 Å². The van der Waals surface area contributed by atoms with Crippen LogP contribution in [0.15, 0.2) is 53.1 Å².